The van der Waals surface area contributed by atoms with Gasteiger partial charge < -0.3 is 4.74 Å². The standard InChI is InChI=1S/C25H24N2O3S2/c1-5-30-24(29)21-16(3)26-25-27(22(21)18-10-12-19(31-4)13-11-18)23(28)20(32-25)14-17-8-6-15(2)7-9-17/h6-14,22H,5H2,1-4H3/b20-14+/t22-/m1/s1. The van der Waals surface area contributed by atoms with Crippen LogP contribution in [0.25, 0.3) is 6.08 Å². The lowest BCUT2D eigenvalue weighted by atomic mass is 9.96. The van der Waals surface area contributed by atoms with Crippen LogP contribution in [-0.4, -0.2) is 23.4 Å². The van der Waals surface area contributed by atoms with Crippen LogP contribution in [0.1, 0.15) is 36.6 Å². The zero-order valence-electron chi connectivity index (χ0n) is 18.4. The molecular weight excluding hydrogens is 440 g/mol. The molecule has 0 saturated heterocycles. The van der Waals surface area contributed by atoms with Crippen LogP contribution in [-0.2, 0) is 9.53 Å². The molecule has 7 heteroatoms. The third kappa shape index (κ3) is 4.23. The second-order valence-corrected chi connectivity index (χ2v) is 9.37. The highest BCUT2D eigenvalue weighted by atomic mass is 32.2. The second-order valence-electron chi connectivity index (χ2n) is 7.49. The predicted molar refractivity (Wildman–Crippen MR) is 130 cm³/mol. The van der Waals surface area contributed by atoms with Crippen molar-refractivity contribution in [3.8, 4) is 0 Å². The van der Waals surface area contributed by atoms with Gasteiger partial charge in [0.25, 0.3) is 5.56 Å². The van der Waals surface area contributed by atoms with Crippen LogP contribution in [0.15, 0.2) is 74.5 Å². The monoisotopic (exact) mass is 464 g/mol. The number of carbonyl (C=O) groups is 1. The number of hydrogen-bond donors (Lipinski definition) is 0. The van der Waals surface area contributed by atoms with E-state index in [0.29, 0.717) is 20.6 Å². The van der Waals surface area contributed by atoms with E-state index < -0.39 is 12.0 Å². The normalized spacial score (nSPS) is 16.0. The Labute approximate surface area is 194 Å². The highest BCUT2D eigenvalue weighted by molar-refractivity contribution is 7.98. The zero-order chi connectivity index (χ0) is 22.8. The van der Waals surface area contributed by atoms with Gasteiger partial charge in [-0.25, -0.2) is 9.79 Å². The highest BCUT2D eigenvalue weighted by Crippen LogP contribution is 2.31. The number of hydrogen-bond acceptors (Lipinski definition) is 6. The molecule has 0 amide bonds. The van der Waals surface area contributed by atoms with Crippen molar-refractivity contribution in [1.82, 2.24) is 4.57 Å². The number of nitrogens with zero attached hydrogens (tertiary/aromatic N) is 2. The number of thiazole rings is 1. The number of ether oxygens (including phenoxy) is 1. The lowest BCUT2D eigenvalue weighted by molar-refractivity contribution is -0.139. The summed E-state index contributed by atoms with van der Waals surface area (Å²) in [7, 11) is 0. The van der Waals surface area contributed by atoms with E-state index in [2.05, 4.69) is 4.99 Å². The second kappa shape index (κ2) is 9.30. The first-order valence-corrected chi connectivity index (χ1v) is 12.4. The minimum Gasteiger partial charge on any atom is -0.463 e. The van der Waals surface area contributed by atoms with Gasteiger partial charge in [-0.1, -0.05) is 53.3 Å². The van der Waals surface area contributed by atoms with Crippen LogP contribution >= 0.6 is 23.1 Å². The molecule has 2 aromatic carbocycles. The topological polar surface area (TPSA) is 60.7 Å². The van der Waals surface area contributed by atoms with Crippen molar-refractivity contribution in [3.63, 3.8) is 0 Å². The largest absolute Gasteiger partial charge is 0.463 e. The molecule has 1 aliphatic heterocycles. The van der Waals surface area contributed by atoms with Gasteiger partial charge in [-0.15, -0.1) is 11.8 Å². The molecule has 1 aromatic heterocycles. The molecule has 0 radical (unpaired) electrons. The van der Waals surface area contributed by atoms with Crippen molar-refractivity contribution in [3.05, 3.63) is 96.2 Å². The maximum absolute atomic E-state index is 13.5. The van der Waals surface area contributed by atoms with Gasteiger partial charge in [0.2, 0.25) is 0 Å². The first kappa shape index (κ1) is 22.3. The molecule has 5 nitrogen and oxygen atoms in total. The third-order valence-corrected chi connectivity index (χ3v) is 7.05. The number of esters is 1. The summed E-state index contributed by atoms with van der Waals surface area (Å²) in [6.07, 6.45) is 3.89. The smallest absolute Gasteiger partial charge is 0.338 e. The van der Waals surface area contributed by atoms with Gasteiger partial charge >= 0.3 is 5.97 Å². The summed E-state index contributed by atoms with van der Waals surface area (Å²) in [6, 6.07) is 15.4. The number of allylic oxidation sites excluding steroid dienone is 1. The maximum Gasteiger partial charge on any atom is 0.338 e. The molecular formula is C25H24N2O3S2. The van der Waals surface area contributed by atoms with E-state index in [4.69, 9.17) is 4.74 Å². The fraction of sp³-hybridized carbons (Fsp3) is 0.240. The van der Waals surface area contributed by atoms with E-state index >= 15 is 0 Å². The SMILES string of the molecule is CCOC(=O)C1=C(C)N=c2s/c(=C/c3ccc(C)cc3)c(=O)n2[C@@H]1c1ccc(SC)cc1. The number of carbonyl (C=O) groups excluding carboxylic acids is 1. The summed E-state index contributed by atoms with van der Waals surface area (Å²) in [5.74, 6) is -0.444. The average Bonchev–Trinajstić information content (AvgIpc) is 3.09. The summed E-state index contributed by atoms with van der Waals surface area (Å²) in [4.78, 5) is 32.7. The number of rotatable bonds is 5. The third-order valence-electron chi connectivity index (χ3n) is 5.32. The van der Waals surface area contributed by atoms with Crippen molar-refractivity contribution in [1.29, 1.82) is 0 Å². The molecule has 0 N–H and O–H groups in total. The lowest BCUT2D eigenvalue weighted by Crippen LogP contribution is -2.39. The summed E-state index contributed by atoms with van der Waals surface area (Å²) in [5, 5.41) is 0. The molecule has 0 aliphatic carbocycles. The van der Waals surface area contributed by atoms with Crippen LogP contribution < -0.4 is 14.9 Å². The van der Waals surface area contributed by atoms with E-state index in [1.165, 1.54) is 11.3 Å². The summed E-state index contributed by atoms with van der Waals surface area (Å²) in [6.45, 7) is 5.85. The van der Waals surface area contributed by atoms with Crippen LogP contribution in [0, 0.1) is 6.92 Å². The molecule has 1 aliphatic rings. The molecule has 3 aromatic rings. The van der Waals surface area contributed by atoms with Crippen molar-refractivity contribution in [2.75, 3.05) is 12.9 Å². The Bertz CT molecular complexity index is 1360. The number of aromatic nitrogens is 1. The van der Waals surface area contributed by atoms with Crippen LogP contribution in [0.4, 0.5) is 0 Å². The van der Waals surface area contributed by atoms with Crippen LogP contribution in [0.2, 0.25) is 0 Å². The lowest BCUT2D eigenvalue weighted by Gasteiger charge is -2.24. The quantitative estimate of drug-likeness (QED) is 0.425. The molecule has 0 saturated carbocycles. The summed E-state index contributed by atoms with van der Waals surface area (Å²) >= 11 is 2.98. The average molecular weight is 465 g/mol. The van der Waals surface area contributed by atoms with Gasteiger partial charge in [-0.3, -0.25) is 9.36 Å². The summed E-state index contributed by atoms with van der Waals surface area (Å²) in [5.41, 5.74) is 3.77. The van der Waals surface area contributed by atoms with Crippen LogP contribution in [0.5, 0.6) is 0 Å². The Morgan fingerprint density at radius 2 is 1.84 bits per heavy atom. The fourth-order valence-electron chi connectivity index (χ4n) is 3.71. The molecule has 1 atom stereocenters. The molecule has 32 heavy (non-hydrogen) atoms. The molecule has 0 unspecified atom stereocenters. The Hall–Kier alpha value is -2.90. The maximum atomic E-state index is 13.5. The Morgan fingerprint density at radius 3 is 2.47 bits per heavy atom. The summed E-state index contributed by atoms with van der Waals surface area (Å²) < 4.78 is 7.54. The Morgan fingerprint density at radius 1 is 1.16 bits per heavy atom. The van der Waals surface area contributed by atoms with Crippen molar-refractivity contribution < 1.29 is 9.53 Å². The van der Waals surface area contributed by atoms with Gasteiger partial charge in [0.05, 0.1) is 28.5 Å². The Balaban J connectivity index is 1.93. The van der Waals surface area contributed by atoms with Gasteiger partial charge in [0.15, 0.2) is 4.80 Å². The minimum absolute atomic E-state index is 0.164. The van der Waals surface area contributed by atoms with Gasteiger partial charge in [-0.2, -0.15) is 0 Å². The van der Waals surface area contributed by atoms with Crippen molar-refractivity contribution in [2.45, 2.75) is 31.7 Å². The van der Waals surface area contributed by atoms with E-state index in [0.717, 1.165) is 21.6 Å². The molecule has 0 bridgehead atoms. The Kier molecular flexibility index (Phi) is 6.48. The molecule has 0 spiro atoms. The molecule has 164 valence electrons. The highest BCUT2D eigenvalue weighted by Gasteiger charge is 2.33. The van der Waals surface area contributed by atoms with Gasteiger partial charge in [-0.05, 0) is 56.4 Å². The van der Waals surface area contributed by atoms with Gasteiger partial charge in [0, 0.05) is 4.90 Å². The number of benzene rings is 2. The number of thioether (sulfide) groups is 1. The minimum atomic E-state index is -0.582. The first-order valence-electron chi connectivity index (χ1n) is 10.3. The van der Waals surface area contributed by atoms with Crippen molar-refractivity contribution >= 4 is 35.1 Å². The van der Waals surface area contributed by atoms with E-state index in [1.807, 2.05) is 67.8 Å². The van der Waals surface area contributed by atoms with E-state index in [1.54, 1.807) is 30.2 Å². The zero-order valence-corrected chi connectivity index (χ0v) is 20.0. The number of fused-ring (bicyclic) bond motifs is 1. The molecule has 0 fully saturated rings. The molecule has 4 rings (SSSR count). The van der Waals surface area contributed by atoms with E-state index in [9.17, 15) is 9.59 Å². The van der Waals surface area contributed by atoms with Crippen LogP contribution in [0.3, 0.4) is 0 Å². The van der Waals surface area contributed by atoms with Gasteiger partial charge in [0.1, 0.15) is 0 Å². The first-order chi connectivity index (χ1) is 15.4. The number of aryl methyl sites for hydroxylation is 1. The fourth-order valence-corrected chi connectivity index (χ4v) is 5.16. The molecule has 2 heterocycles. The van der Waals surface area contributed by atoms with Crippen molar-refractivity contribution in [2.24, 2.45) is 4.99 Å². The van der Waals surface area contributed by atoms with E-state index in [-0.39, 0.29) is 12.2 Å². The predicted octanol–water partition coefficient (Wildman–Crippen LogP) is 3.83.